The van der Waals surface area contributed by atoms with Crippen molar-refractivity contribution < 1.29 is 4.42 Å². The van der Waals surface area contributed by atoms with E-state index in [2.05, 4.69) is 26.2 Å². The first-order valence-corrected chi connectivity index (χ1v) is 6.75. The van der Waals surface area contributed by atoms with E-state index in [0.717, 1.165) is 39.7 Å². The lowest BCUT2D eigenvalue weighted by Gasteiger charge is -1.95. The minimum absolute atomic E-state index is 0.815. The highest BCUT2D eigenvalue weighted by molar-refractivity contribution is 9.11. The van der Waals surface area contributed by atoms with Gasteiger partial charge in [0.05, 0.1) is 14.9 Å². The lowest BCUT2D eigenvalue weighted by Crippen LogP contribution is -2.08. The minimum Gasteiger partial charge on any atom is -0.440 e. The maximum Gasteiger partial charge on any atom is 0.194 e. The first-order valence-electron chi connectivity index (χ1n) is 5.14. The van der Waals surface area contributed by atoms with Crippen molar-refractivity contribution in [3.05, 3.63) is 28.0 Å². The van der Waals surface area contributed by atoms with Crippen molar-refractivity contribution >= 4 is 27.3 Å². The Hall–Kier alpha value is -0.650. The summed E-state index contributed by atoms with van der Waals surface area (Å²) in [7, 11) is 1.95. The molecule has 2 rings (SSSR count). The van der Waals surface area contributed by atoms with E-state index in [1.165, 1.54) is 0 Å². The summed E-state index contributed by atoms with van der Waals surface area (Å²) >= 11 is 5.09. The van der Waals surface area contributed by atoms with Gasteiger partial charge in [0, 0.05) is 6.42 Å². The number of thiophene rings is 1. The first-order chi connectivity index (χ1) is 7.79. The molecule has 16 heavy (non-hydrogen) atoms. The highest BCUT2D eigenvalue weighted by Gasteiger charge is 2.08. The summed E-state index contributed by atoms with van der Waals surface area (Å²) in [6.07, 6.45) is 3.73. The molecule has 0 amide bonds. The highest BCUT2D eigenvalue weighted by Crippen LogP contribution is 2.31. The van der Waals surface area contributed by atoms with E-state index in [-0.39, 0.29) is 0 Å². The molecule has 0 aromatic carbocycles. The number of nitrogens with one attached hydrogen (secondary N) is 1. The van der Waals surface area contributed by atoms with Crippen molar-refractivity contribution in [2.75, 3.05) is 13.6 Å². The summed E-state index contributed by atoms with van der Waals surface area (Å²) in [5.74, 6) is 1.67. The molecule has 0 aliphatic rings. The first kappa shape index (κ1) is 11.8. The van der Waals surface area contributed by atoms with Crippen LogP contribution in [0.25, 0.3) is 10.6 Å². The third-order valence-corrected chi connectivity index (χ3v) is 3.83. The SMILES string of the molecule is CNCCCc1ncc(-c2ccc(Br)s2)o1. The van der Waals surface area contributed by atoms with E-state index >= 15 is 0 Å². The van der Waals surface area contributed by atoms with E-state index in [4.69, 9.17) is 4.42 Å². The van der Waals surface area contributed by atoms with E-state index in [1.807, 2.05) is 19.2 Å². The van der Waals surface area contributed by atoms with Gasteiger partial charge in [-0.25, -0.2) is 4.98 Å². The maximum atomic E-state index is 5.68. The number of hydrogen-bond donors (Lipinski definition) is 1. The molecule has 0 fully saturated rings. The Bertz CT molecular complexity index is 452. The summed E-state index contributed by atoms with van der Waals surface area (Å²) in [4.78, 5) is 5.38. The Morgan fingerprint density at radius 2 is 2.38 bits per heavy atom. The second-order valence-electron chi connectivity index (χ2n) is 3.43. The van der Waals surface area contributed by atoms with E-state index in [0.29, 0.717) is 0 Å². The van der Waals surface area contributed by atoms with Gasteiger partial charge >= 0.3 is 0 Å². The van der Waals surface area contributed by atoms with Crippen molar-refractivity contribution in [2.45, 2.75) is 12.8 Å². The number of nitrogens with zero attached hydrogens (tertiary/aromatic N) is 1. The van der Waals surface area contributed by atoms with Gasteiger partial charge in [0.25, 0.3) is 0 Å². The lowest BCUT2D eigenvalue weighted by molar-refractivity contribution is 0.496. The van der Waals surface area contributed by atoms with Crippen molar-refractivity contribution in [1.29, 1.82) is 0 Å². The minimum atomic E-state index is 0.815. The van der Waals surface area contributed by atoms with Crippen molar-refractivity contribution in [3.63, 3.8) is 0 Å². The van der Waals surface area contributed by atoms with Crippen LogP contribution in [0.1, 0.15) is 12.3 Å². The molecular weight excluding hydrogens is 288 g/mol. The molecule has 0 atom stereocenters. The second kappa shape index (κ2) is 5.61. The summed E-state index contributed by atoms with van der Waals surface area (Å²) in [6.45, 7) is 0.988. The molecule has 0 aliphatic carbocycles. The highest BCUT2D eigenvalue weighted by atomic mass is 79.9. The molecule has 0 spiro atoms. The van der Waals surface area contributed by atoms with Gasteiger partial charge in [-0.1, -0.05) is 0 Å². The smallest absolute Gasteiger partial charge is 0.194 e. The maximum absolute atomic E-state index is 5.68. The van der Waals surface area contributed by atoms with Gasteiger partial charge in [-0.2, -0.15) is 0 Å². The van der Waals surface area contributed by atoms with Crippen LogP contribution in [-0.4, -0.2) is 18.6 Å². The third kappa shape index (κ3) is 2.93. The molecule has 0 radical (unpaired) electrons. The molecule has 0 bridgehead atoms. The van der Waals surface area contributed by atoms with Gasteiger partial charge in [0.15, 0.2) is 11.7 Å². The van der Waals surface area contributed by atoms with Crippen LogP contribution in [0.2, 0.25) is 0 Å². The van der Waals surface area contributed by atoms with Crippen molar-refractivity contribution in [2.24, 2.45) is 0 Å². The largest absolute Gasteiger partial charge is 0.440 e. The van der Waals surface area contributed by atoms with Crippen LogP contribution < -0.4 is 5.32 Å². The molecule has 2 aromatic heterocycles. The molecule has 0 aliphatic heterocycles. The standard InChI is InChI=1S/C11H13BrN2OS/c1-13-6-2-3-11-14-7-8(15-11)9-4-5-10(12)16-9/h4-5,7,13H,2-3,6H2,1H3. The zero-order valence-corrected chi connectivity index (χ0v) is 11.4. The number of oxazole rings is 1. The van der Waals surface area contributed by atoms with Crippen LogP contribution in [-0.2, 0) is 6.42 Å². The Labute approximate surface area is 107 Å². The molecule has 0 unspecified atom stereocenters. The van der Waals surface area contributed by atoms with Crippen LogP contribution in [0.4, 0.5) is 0 Å². The fourth-order valence-corrected chi connectivity index (χ4v) is 2.74. The molecule has 0 saturated carbocycles. The Morgan fingerprint density at radius 3 is 3.06 bits per heavy atom. The summed E-state index contributed by atoms with van der Waals surface area (Å²) in [5.41, 5.74) is 0. The van der Waals surface area contributed by atoms with Gasteiger partial charge in [-0.15, -0.1) is 11.3 Å². The fraction of sp³-hybridized carbons (Fsp3) is 0.364. The van der Waals surface area contributed by atoms with Crippen LogP contribution in [0.5, 0.6) is 0 Å². The average molecular weight is 301 g/mol. The Kier molecular flexibility index (Phi) is 4.15. The van der Waals surface area contributed by atoms with Crippen LogP contribution in [0.15, 0.2) is 26.5 Å². The van der Waals surface area contributed by atoms with Gasteiger partial charge in [-0.3, -0.25) is 0 Å². The average Bonchev–Trinajstić information content (AvgIpc) is 2.87. The summed E-state index contributed by atoms with van der Waals surface area (Å²) in [6, 6.07) is 4.05. The van der Waals surface area contributed by atoms with E-state index in [1.54, 1.807) is 17.5 Å². The van der Waals surface area contributed by atoms with Crippen molar-refractivity contribution in [3.8, 4) is 10.6 Å². The molecule has 0 saturated heterocycles. The van der Waals surface area contributed by atoms with Crippen LogP contribution in [0, 0.1) is 0 Å². The zero-order valence-electron chi connectivity index (χ0n) is 9.00. The Balaban J connectivity index is 2.02. The van der Waals surface area contributed by atoms with Gasteiger partial charge < -0.3 is 9.73 Å². The van der Waals surface area contributed by atoms with Crippen molar-refractivity contribution in [1.82, 2.24) is 10.3 Å². The summed E-state index contributed by atoms with van der Waals surface area (Å²) < 4.78 is 6.79. The van der Waals surface area contributed by atoms with E-state index < -0.39 is 0 Å². The predicted molar refractivity (Wildman–Crippen MR) is 69.8 cm³/mol. The molecular formula is C11H13BrN2OS. The summed E-state index contributed by atoms with van der Waals surface area (Å²) in [5, 5.41) is 3.11. The molecule has 1 N–H and O–H groups in total. The number of halogens is 1. The quantitative estimate of drug-likeness (QED) is 0.861. The molecule has 3 nitrogen and oxygen atoms in total. The normalized spacial score (nSPS) is 10.9. The van der Waals surface area contributed by atoms with E-state index in [9.17, 15) is 0 Å². The molecule has 2 aromatic rings. The van der Waals surface area contributed by atoms with Gasteiger partial charge in [0.1, 0.15) is 0 Å². The van der Waals surface area contributed by atoms with Gasteiger partial charge in [0.2, 0.25) is 0 Å². The topological polar surface area (TPSA) is 38.1 Å². The molecule has 86 valence electrons. The lowest BCUT2D eigenvalue weighted by atomic mass is 10.3. The third-order valence-electron chi connectivity index (χ3n) is 2.19. The van der Waals surface area contributed by atoms with Gasteiger partial charge in [-0.05, 0) is 48.1 Å². The number of aromatic nitrogens is 1. The predicted octanol–water partition coefficient (Wildman–Crippen LogP) is 3.32. The molecule has 2 heterocycles. The zero-order chi connectivity index (χ0) is 11.4. The monoisotopic (exact) mass is 300 g/mol. The fourth-order valence-electron chi connectivity index (χ4n) is 1.40. The number of hydrogen-bond acceptors (Lipinski definition) is 4. The Morgan fingerprint density at radius 1 is 1.50 bits per heavy atom. The van der Waals surface area contributed by atoms with Crippen LogP contribution >= 0.6 is 27.3 Å². The number of rotatable bonds is 5. The second-order valence-corrected chi connectivity index (χ2v) is 5.89. The number of aryl methyl sites for hydroxylation is 1. The van der Waals surface area contributed by atoms with Crippen LogP contribution in [0.3, 0.4) is 0 Å². The molecule has 5 heteroatoms.